The van der Waals surface area contributed by atoms with E-state index in [4.69, 9.17) is 0 Å². The second kappa shape index (κ2) is 7.32. The molecule has 0 spiro atoms. The molecule has 2 aromatic rings. The number of carbonyl (C=O) groups excluding carboxylic acids is 1. The number of hydrogen-bond acceptors (Lipinski definition) is 6. The number of amides is 1. The molecule has 3 heterocycles. The quantitative estimate of drug-likeness (QED) is 0.838. The van der Waals surface area contributed by atoms with Gasteiger partial charge >= 0.3 is 0 Å². The van der Waals surface area contributed by atoms with Gasteiger partial charge in [-0.3, -0.25) is 9.78 Å². The van der Waals surface area contributed by atoms with Gasteiger partial charge in [-0.15, -0.1) is 0 Å². The van der Waals surface area contributed by atoms with E-state index in [1.165, 1.54) is 16.8 Å². The van der Waals surface area contributed by atoms with E-state index in [0.717, 1.165) is 28.1 Å². The molecule has 0 bridgehead atoms. The van der Waals surface area contributed by atoms with Crippen LogP contribution in [0.25, 0.3) is 0 Å². The van der Waals surface area contributed by atoms with Crippen LogP contribution < -0.4 is 5.32 Å². The zero-order chi connectivity index (χ0) is 19.8. The van der Waals surface area contributed by atoms with Crippen molar-refractivity contribution in [3.05, 3.63) is 51.9 Å². The molecular formula is C18H23N5O3S. The van der Waals surface area contributed by atoms with Gasteiger partial charge in [0.25, 0.3) is 5.91 Å². The van der Waals surface area contributed by atoms with Crippen LogP contribution in [0.3, 0.4) is 0 Å². The molecule has 0 saturated heterocycles. The minimum absolute atomic E-state index is 0.230. The van der Waals surface area contributed by atoms with Gasteiger partial charge in [-0.25, -0.2) is 18.4 Å². The maximum absolute atomic E-state index is 12.7. The van der Waals surface area contributed by atoms with Crippen molar-refractivity contribution in [1.29, 1.82) is 0 Å². The third-order valence-electron chi connectivity index (χ3n) is 4.78. The summed E-state index contributed by atoms with van der Waals surface area (Å²) in [5, 5.41) is 2.92. The molecule has 0 aliphatic carbocycles. The number of pyridine rings is 1. The highest BCUT2D eigenvalue weighted by molar-refractivity contribution is 7.88. The molecule has 2 aromatic heterocycles. The molecule has 8 nitrogen and oxygen atoms in total. The summed E-state index contributed by atoms with van der Waals surface area (Å²) >= 11 is 0. The van der Waals surface area contributed by atoms with Crippen LogP contribution in [-0.2, 0) is 29.5 Å². The van der Waals surface area contributed by atoms with Crippen LogP contribution in [0.5, 0.6) is 0 Å². The second-order valence-electron chi connectivity index (χ2n) is 6.77. The number of nitrogens with one attached hydrogen (secondary N) is 1. The average molecular weight is 389 g/mol. The monoisotopic (exact) mass is 389 g/mol. The van der Waals surface area contributed by atoms with Crippen molar-refractivity contribution in [3.63, 3.8) is 0 Å². The lowest BCUT2D eigenvalue weighted by Crippen LogP contribution is -2.36. The van der Waals surface area contributed by atoms with Crippen molar-refractivity contribution in [2.24, 2.45) is 0 Å². The molecule has 0 atom stereocenters. The lowest BCUT2D eigenvalue weighted by Gasteiger charge is -2.27. The van der Waals surface area contributed by atoms with Crippen LogP contribution in [-0.4, -0.2) is 46.4 Å². The van der Waals surface area contributed by atoms with E-state index < -0.39 is 10.0 Å². The van der Waals surface area contributed by atoms with E-state index in [9.17, 15) is 13.2 Å². The normalized spacial score (nSPS) is 14.7. The first-order chi connectivity index (χ1) is 12.7. The topological polar surface area (TPSA) is 105 Å². The fourth-order valence-electron chi connectivity index (χ4n) is 3.37. The Balaban J connectivity index is 1.79. The van der Waals surface area contributed by atoms with E-state index in [1.54, 1.807) is 6.20 Å². The molecule has 9 heteroatoms. The predicted molar refractivity (Wildman–Crippen MR) is 101 cm³/mol. The maximum Gasteiger partial charge on any atom is 0.253 e. The third kappa shape index (κ3) is 4.14. The smallest absolute Gasteiger partial charge is 0.253 e. The molecule has 0 fully saturated rings. The fourth-order valence-corrected chi connectivity index (χ4v) is 4.17. The Hall–Kier alpha value is -2.39. The molecular weight excluding hydrogens is 366 g/mol. The predicted octanol–water partition coefficient (Wildman–Crippen LogP) is 1.04. The summed E-state index contributed by atoms with van der Waals surface area (Å²) in [5.74, 6) is 0.475. The van der Waals surface area contributed by atoms with Gasteiger partial charge in [0, 0.05) is 49.0 Å². The molecule has 144 valence electrons. The maximum atomic E-state index is 12.7. The number of rotatable bonds is 4. The zero-order valence-corrected chi connectivity index (χ0v) is 16.7. The van der Waals surface area contributed by atoms with E-state index in [2.05, 4.69) is 20.3 Å². The Bertz CT molecular complexity index is 981. The summed E-state index contributed by atoms with van der Waals surface area (Å²) in [6.07, 6.45) is 4.84. The van der Waals surface area contributed by atoms with Gasteiger partial charge in [-0.1, -0.05) is 0 Å². The molecule has 1 aliphatic heterocycles. The summed E-state index contributed by atoms with van der Waals surface area (Å²) in [5.41, 5.74) is 4.70. The van der Waals surface area contributed by atoms with Crippen LogP contribution >= 0.6 is 0 Å². The third-order valence-corrected chi connectivity index (χ3v) is 6.03. The van der Waals surface area contributed by atoms with Gasteiger partial charge in [0.05, 0.1) is 11.8 Å². The standard InChI is InChI=1S/C18H23N5O3S/c1-11-16(12(2)22-13(3)21-11)9-20-18(24)17-8-19-7-14-10-23(27(4,25)26)6-5-15(14)17/h7-8H,5-6,9-10H2,1-4H3,(H,20,24). The van der Waals surface area contributed by atoms with Crippen molar-refractivity contribution in [3.8, 4) is 0 Å². The lowest BCUT2D eigenvalue weighted by atomic mass is 9.98. The van der Waals surface area contributed by atoms with E-state index in [-0.39, 0.29) is 12.5 Å². The summed E-state index contributed by atoms with van der Waals surface area (Å²) < 4.78 is 25.0. The van der Waals surface area contributed by atoms with Gasteiger partial charge in [0.1, 0.15) is 5.82 Å². The van der Waals surface area contributed by atoms with E-state index >= 15 is 0 Å². The van der Waals surface area contributed by atoms with E-state index in [1.807, 2.05) is 20.8 Å². The van der Waals surface area contributed by atoms with Gasteiger partial charge in [0.15, 0.2) is 0 Å². The summed E-state index contributed by atoms with van der Waals surface area (Å²) in [6, 6.07) is 0. The molecule has 0 aromatic carbocycles. The Morgan fingerprint density at radius 3 is 2.48 bits per heavy atom. The lowest BCUT2D eigenvalue weighted by molar-refractivity contribution is 0.0949. The highest BCUT2D eigenvalue weighted by Gasteiger charge is 2.26. The van der Waals surface area contributed by atoms with Gasteiger partial charge in [-0.2, -0.15) is 4.31 Å². The summed E-state index contributed by atoms with van der Waals surface area (Å²) in [7, 11) is -3.27. The van der Waals surface area contributed by atoms with Crippen LogP contribution in [0.1, 0.15) is 44.3 Å². The van der Waals surface area contributed by atoms with Crippen LogP contribution in [0.4, 0.5) is 0 Å². The van der Waals surface area contributed by atoms with Crippen molar-refractivity contribution in [2.45, 2.75) is 40.3 Å². The Labute approximate surface area is 159 Å². The van der Waals surface area contributed by atoms with Crippen molar-refractivity contribution >= 4 is 15.9 Å². The highest BCUT2D eigenvalue weighted by Crippen LogP contribution is 2.23. The van der Waals surface area contributed by atoms with Crippen molar-refractivity contribution in [2.75, 3.05) is 12.8 Å². The largest absolute Gasteiger partial charge is 0.348 e. The zero-order valence-electron chi connectivity index (χ0n) is 15.9. The van der Waals surface area contributed by atoms with Crippen molar-refractivity contribution in [1.82, 2.24) is 24.6 Å². The molecule has 1 amide bonds. The number of hydrogen-bond donors (Lipinski definition) is 1. The van der Waals surface area contributed by atoms with Gasteiger partial charge < -0.3 is 5.32 Å². The minimum atomic E-state index is -3.27. The molecule has 0 radical (unpaired) electrons. The molecule has 1 N–H and O–H groups in total. The number of nitrogens with zero attached hydrogens (tertiary/aromatic N) is 4. The Morgan fingerprint density at radius 1 is 1.19 bits per heavy atom. The minimum Gasteiger partial charge on any atom is -0.348 e. The van der Waals surface area contributed by atoms with Crippen LogP contribution in [0.15, 0.2) is 12.4 Å². The van der Waals surface area contributed by atoms with Gasteiger partial charge in [0.2, 0.25) is 10.0 Å². The molecule has 0 saturated carbocycles. The SMILES string of the molecule is Cc1nc(C)c(CNC(=O)c2cncc3c2CCN(S(C)(=O)=O)C3)c(C)n1. The highest BCUT2D eigenvalue weighted by atomic mass is 32.2. The summed E-state index contributed by atoms with van der Waals surface area (Å²) in [4.78, 5) is 25.6. The number of aromatic nitrogens is 3. The number of fused-ring (bicyclic) bond motifs is 1. The van der Waals surface area contributed by atoms with Crippen LogP contribution in [0.2, 0.25) is 0 Å². The average Bonchev–Trinajstić information content (AvgIpc) is 2.58. The Morgan fingerprint density at radius 2 is 1.85 bits per heavy atom. The first kappa shape index (κ1) is 19.4. The summed E-state index contributed by atoms with van der Waals surface area (Å²) in [6.45, 7) is 6.57. The second-order valence-corrected chi connectivity index (χ2v) is 8.76. The fraction of sp³-hybridized carbons (Fsp3) is 0.444. The molecule has 3 rings (SSSR count). The van der Waals surface area contributed by atoms with Crippen molar-refractivity contribution < 1.29 is 13.2 Å². The number of sulfonamides is 1. The number of carbonyl (C=O) groups is 1. The molecule has 0 unspecified atom stereocenters. The van der Waals surface area contributed by atoms with E-state index in [0.29, 0.717) is 30.9 Å². The van der Waals surface area contributed by atoms with Gasteiger partial charge in [-0.05, 0) is 38.3 Å². The molecule has 27 heavy (non-hydrogen) atoms. The van der Waals surface area contributed by atoms with Crippen LogP contribution in [0, 0.1) is 20.8 Å². The number of aryl methyl sites for hydroxylation is 3. The first-order valence-corrected chi connectivity index (χ1v) is 10.5. The molecule has 1 aliphatic rings. The Kier molecular flexibility index (Phi) is 5.25. The first-order valence-electron chi connectivity index (χ1n) is 8.66.